The van der Waals surface area contributed by atoms with Crippen LogP contribution in [0.5, 0.6) is 0 Å². The number of nitrogens with zero attached hydrogens (tertiary/aromatic N) is 2. The summed E-state index contributed by atoms with van der Waals surface area (Å²) in [4.78, 5) is 15.5. The standard InChI is InChI=1S/C16H19N3OS/c1-12-15-7-4-8-18(15)9-10-19(12)16(20)17-13-5-3-6-14(11-13)21-2/h3-8,11-12H,9-10H2,1-2H3,(H,17,20)/t12-/m0/s1. The van der Waals surface area contributed by atoms with E-state index in [1.54, 1.807) is 11.8 Å². The largest absolute Gasteiger partial charge is 0.348 e. The molecule has 3 rings (SSSR count). The number of benzene rings is 1. The Hall–Kier alpha value is -1.88. The van der Waals surface area contributed by atoms with Gasteiger partial charge in [0.1, 0.15) is 0 Å². The maximum Gasteiger partial charge on any atom is 0.322 e. The summed E-state index contributed by atoms with van der Waals surface area (Å²) in [6, 6.07) is 12.1. The summed E-state index contributed by atoms with van der Waals surface area (Å²) in [5.74, 6) is 0. The summed E-state index contributed by atoms with van der Waals surface area (Å²) in [6.45, 7) is 3.66. The Kier molecular flexibility index (Phi) is 3.92. The van der Waals surface area contributed by atoms with E-state index in [9.17, 15) is 4.79 Å². The molecule has 1 aliphatic rings. The third kappa shape index (κ3) is 2.78. The number of carbonyl (C=O) groups is 1. The lowest BCUT2D eigenvalue weighted by atomic mass is 10.1. The van der Waals surface area contributed by atoms with Gasteiger partial charge in [-0.25, -0.2) is 4.79 Å². The molecule has 0 radical (unpaired) electrons. The second-order valence-electron chi connectivity index (χ2n) is 5.16. The first-order chi connectivity index (χ1) is 10.2. The number of hydrogen-bond acceptors (Lipinski definition) is 2. The number of fused-ring (bicyclic) bond motifs is 1. The fraction of sp³-hybridized carbons (Fsp3) is 0.312. The van der Waals surface area contributed by atoms with Crippen LogP contribution in [-0.4, -0.2) is 28.3 Å². The summed E-state index contributed by atoms with van der Waals surface area (Å²) in [5, 5.41) is 3.00. The van der Waals surface area contributed by atoms with Crippen LogP contribution in [0.25, 0.3) is 0 Å². The quantitative estimate of drug-likeness (QED) is 0.856. The van der Waals surface area contributed by atoms with Crippen LogP contribution in [0.4, 0.5) is 10.5 Å². The van der Waals surface area contributed by atoms with Gasteiger partial charge in [0.25, 0.3) is 0 Å². The van der Waals surface area contributed by atoms with Crippen molar-refractivity contribution in [3.63, 3.8) is 0 Å². The van der Waals surface area contributed by atoms with E-state index in [1.807, 2.05) is 41.5 Å². The molecular weight excluding hydrogens is 282 g/mol. The van der Waals surface area contributed by atoms with Crippen LogP contribution >= 0.6 is 11.8 Å². The number of nitrogens with one attached hydrogen (secondary N) is 1. The smallest absolute Gasteiger partial charge is 0.322 e. The lowest BCUT2D eigenvalue weighted by Crippen LogP contribution is -2.42. The Bertz CT molecular complexity index is 652. The predicted octanol–water partition coefficient (Wildman–Crippen LogP) is 3.82. The molecule has 0 fully saturated rings. The molecule has 2 amide bonds. The van der Waals surface area contributed by atoms with Crippen molar-refractivity contribution in [3.8, 4) is 0 Å². The van der Waals surface area contributed by atoms with Crippen molar-refractivity contribution >= 4 is 23.5 Å². The Balaban J connectivity index is 1.74. The van der Waals surface area contributed by atoms with Crippen LogP contribution in [0, 0.1) is 0 Å². The van der Waals surface area contributed by atoms with Gasteiger partial charge in [0.15, 0.2) is 0 Å². The van der Waals surface area contributed by atoms with Crippen molar-refractivity contribution in [3.05, 3.63) is 48.3 Å². The highest BCUT2D eigenvalue weighted by molar-refractivity contribution is 7.98. The molecule has 1 aliphatic heterocycles. The van der Waals surface area contributed by atoms with Crippen LogP contribution in [-0.2, 0) is 6.54 Å². The molecule has 4 nitrogen and oxygen atoms in total. The van der Waals surface area contributed by atoms with Crippen LogP contribution in [0.3, 0.4) is 0 Å². The fourth-order valence-corrected chi connectivity index (χ4v) is 3.21. The SMILES string of the molecule is CSc1cccc(NC(=O)N2CCn3cccc3[C@@H]2C)c1. The van der Waals surface area contributed by atoms with Gasteiger partial charge in [-0.15, -0.1) is 11.8 Å². The van der Waals surface area contributed by atoms with E-state index < -0.39 is 0 Å². The molecule has 0 unspecified atom stereocenters. The number of hydrogen-bond donors (Lipinski definition) is 1. The fourth-order valence-electron chi connectivity index (χ4n) is 2.75. The molecule has 110 valence electrons. The predicted molar refractivity (Wildman–Crippen MR) is 86.8 cm³/mol. The number of urea groups is 1. The van der Waals surface area contributed by atoms with E-state index in [-0.39, 0.29) is 12.1 Å². The topological polar surface area (TPSA) is 37.3 Å². The highest BCUT2D eigenvalue weighted by Gasteiger charge is 2.27. The van der Waals surface area contributed by atoms with Gasteiger partial charge >= 0.3 is 6.03 Å². The third-order valence-electron chi connectivity index (χ3n) is 3.92. The first-order valence-corrected chi connectivity index (χ1v) is 8.28. The van der Waals surface area contributed by atoms with Crippen LogP contribution in [0.2, 0.25) is 0 Å². The van der Waals surface area contributed by atoms with Gasteiger partial charge in [0.2, 0.25) is 0 Å². The van der Waals surface area contributed by atoms with Gasteiger partial charge in [-0.05, 0) is 43.5 Å². The maximum absolute atomic E-state index is 12.5. The lowest BCUT2D eigenvalue weighted by molar-refractivity contribution is 0.175. The Morgan fingerprint density at radius 1 is 1.29 bits per heavy atom. The molecule has 2 aromatic rings. The number of thioether (sulfide) groups is 1. The summed E-state index contributed by atoms with van der Waals surface area (Å²) >= 11 is 1.67. The molecule has 0 saturated carbocycles. The normalized spacial score (nSPS) is 17.4. The van der Waals surface area contributed by atoms with Crippen molar-refractivity contribution in [2.75, 3.05) is 18.1 Å². The number of carbonyl (C=O) groups excluding carboxylic acids is 1. The third-order valence-corrected chi connectivity index (χ3v) is 4.65. The van der Waals surface area contributed by atoms with E-state index in [0.29, 0.717) is 0 Å². The summed E-state index contributed by atoms with van der Waals surface area (Å²) in [5.41, 5.74) is 2.04. The zero-order valence-electron chi connectivity index (χ0n) is 12.2. The van der Waals surface area contributed by atoms with Gasteiger partial charge in [0, 0.05) is 35.6 Å². The number of rotatable bonds is 2. The molecule has 0 aliphatic carbocycles. The monoisotopic (exact) mass is 301 g/mol. The van der Waals surface area contributed by atoms with Gasteiger partial charge in [-0.3, -0.25) is 0 Å². The number of aromatic nitrogens is 1. The molecule has 0 spiro atoms. The molecule has 0 bridgehead atoms. The Labute approximate surface area is 129 Å². The van der Waals surface area contributed by atoms with Crippen LogP contribution in [0.15, 0.2) is 47.5 Å². The average Bonchev–Trinajstić information content (AvgIpc) is 2.97. The second-order valence-corrected chi connectivity index (χ2v) is 6.04. The molecule has 21 heavy (non-hydrogen) atoms. The molecular formula is C16H19N3OS. The average molecular weight is 301 g/mol. The molecule has 1 aromatic carbocycles. The zero-order valence-corrected chi connectivity index (χ0v) is 13.1. The summed E-state index contributed by atoms with van der Waals surface area (Å²) in [6.07, 6.45) is 4.10. The zero-order chi connectivity index (χ0) is 14.8. The van der Waals surface area contributed by atoms with E-state index in [4.69, 9.17) is 0 Å². The highest BCUT2D eigenvalue weighted by Crippen LogP contribution is 2.26. The number of amides is 2. The Morgan fingerprint density at radius 2 is 2.14 bits per heavy atom. The van der Waals surface area contributed by atoms with E-state index in [0.717, 1.165) is 23.7 Å². The number of anilines is 1. The van der Waals surface area contributed by atoms with Gasteiger partial charge in [-0.1, -0.05) is 6.07 Å². The van der Waals surface area contributed by atoms with E-state index in [2.05, 4.69) is 29.1 Å². The van der Waals surface area contributed by atoms with Crippen LogP contribution in [0.1, 0.15) is 18.7 Å². The molecule has 2 heterocycles. The van der Waals surface area contributed by atoms with Crippen molar-refractivity contribution in [1.82, 2.24) is 9.47 Å². The summed E-state index contributed by atoms with van der Waals surface area (Å²) < 4.78 is 2.21. The van der Waals surface area contributed by atoms with Crippen molar-refractivity contribution < 1.29 is 4.79 Å². The van der Waals surface area contributed by atoms with Crippen molar-refractivity contribution in [2.45, 2.75) is 24.4 Å². The minimum absolute atomic E-state index is 0.0341. The highest BCUT2D eigenvalue weighted by atomic mass is 32.2. The second kappa shape index (κ2) is 5.85. The van der Waals surface area contributed by atoms with E-state index >= 15 is 0 Å². The minimum Gasteiger partial charge on any atom is -0.348 e. The van der Waals surface area contributed by atoms with Crippen molar-refractivity contribution in [1.29, 1.82) is 0 Å². The minimum atomic E-state index is -0.0341. The molecule has 1 aromatic heterocycles. The molecule has 1 N–H and O–H groups in total. The molecule has 0 saturated heterocycles. The van der Waals surface area contributed by atoms with Crippen LogP contribution < -0.4 is 5.32 Å². The van der Waals surface area contributed by atoms with Gasteiger partial charge in [-0.2, -0.15) is 0 Å². The Morgan fingerprint density at radius 3 is 2.95 bits per heavy atom. The van der Waals surface area contributed by atoms with Crippen molar-refractivity contribution in [2.24, 2.45) is 0 Å². The summed E-state index contributed by atoms with van der Waals surface area (Å²) in [7, 11) is 0. The van der Waals surface area contributed by atoms with Gasteiger partial charge < -0.3 is 14.8 Å². The lowest BCUT2D eigenvalue weighted by Gasteiger charge is -2.34. The maximum atomic E-state index is 12.5. The first-order valence-electron chi connectivity index (χ1n) is 7.06. The first kappa shape index (κ1) is 14.1. The molecule has 5 heteroatoms. The van der Waals surface area contributed by atoms with E-state index in [1.165, 1.54) is 5.69 Å². The van der Waals surface area contributed by atoms with Gasteiger partial charge in [0.05, 0.1) is 6.04 Å². The molecule has 1 atom stereocenters.